The largest absolute Gasteiger partial charge is 0.490 e. The molecule has 0 radical (unpaired) electrons. The molecule has 10 heteroatoms. The molecule has 0 saturated carbocycles. The Balaban J connectivity index is 0.000000277. The predicted octanol–water partition coefficient (Wildman–Crippen LogP) is 4.91. The highest BCUT2D eigenvalue weighted by molar-refractivity contribution is 14.1. The van der Waals surface area contributed by atoms with Crippen molar-refractivity contribution in [3.63, 3.8) is 0 Å². The van der Waals surface area contributed by atoms with Crippen molar-refractivity contribution in [1.82, 2.24) is 4.98 Å². The summed E-state index contributed by atoms with van der Waals surface area (Å²) >= 11 is 3.78. The van der Waals surface area contributed by atoms with Crippen LogP contribution in [0.4, 0.5) is 18.2 Å². The molecule has 132 valence electrons. The highest BCUT2D eigenvalue weighted by Crippen LogP contribution is 2.35. The predicted molar refractivity (Wildman–Crippen MR) is 97.0 cm³/mol. The van der Waals surface area contributed by atoms with Crippen molar-refractivity contribution >= 4 is 55.0 Å². The summed E-state index contributed by atoms with van der Waals surface area (Å²) in [5.41, 5.74) is 5.81. The molecule has 0 atom stereocenters. The molecule has 2 heterocycles. The van der Waals surface area contributed by atoms with Crippen molar-refractivity contribution in [3.05, 3.63) is 46.3 Å². The van der Waals surface area contributed by atoms with Gasteiger partial charge in [0.2, 0.25) is 0 Å². The van der Waals surface area contributed by atoms with Crippen LogP contribution in [0.3, 0.4) is 0 Å². The van der Waals surface area contributed by atoms with E-state index < -0.39 is 12.1 Å². The van der Waals surface area contributed by atoms with Crippen molar-refractivity contribution in [2.45, 2.75) is 6.18 Å². The van der Waals surface area contributed by atoms with Gasteiger partial charge in [-0.15, -0.1) is 11.3 Å². The lowest BCUT2D eigenvalue weighted by molar-refractivity contribution is -0.192. The highest BCUT2D eigenvalue weighted by atomic mass is 127. The molecule has 0 spiro atoms. The summed E-state index contributed by atoms with van der Waals surface area (Å²) < 4.78 is 39.8. The van der Waals surface area contributed by atoms with E-state index >= 15 is 0 Å². The van der Waals surface area contributed by atoms with Crippen LogP contribution >= 0.6 is 33.9 Å². The smallest absolute Gasteiger partial charge is 0.475 e. The normalized spacial score (nSPS) is 10.9. The number of carboxylic acids is 1. The number of anilines is 1. The first-order valence-electron chi connectivity index (χ1n) is 6.53. The van der Waals surface area contributed by atoms with E-state index in [1.54, 1.807) is 12.4 Å². The SMILES string of the molecule is Nc1cc2c(Oc3ccc(I)cc3)cncc2s1.O=C(O)C(F)(F)F. The first-order valence-corrected chi connectivity index (χ1v) is 8.43. The number of aliphatic carboxylic acids is 1. The van der Waals surface area contributed by atoms with Crippen molar-refractivity contribution in [2.24, 2.45) is 0 Å². The Hall–Kier alpha value is -2.08. The molecule has 0 bridgehead atoms. The number of carboxylic acid groups (broad SMARTS) is 1. The number of nitrogens with zero attached hydrogens (tertiary/aromatic N) is 1. The summed E-state index contributed by atoms with van der Waals surface area (Å²) in [5.74, 6) is -1.22. The van der Waals surface area contributed by atoms with Crippen molar-refractivity contribution in [2.75, 3.05) is 5.73 Å². The standard InChI is InChI=1S/C13H9IN2OS.C2HF3O2/c14-8-1-3-9(4-2-8)17-11-6-16-7-12-10(11)5-13(15)18-12;3-2(4,5)1(6)7/h1-7H,15H2;(H,6,7). The fourth-order valence-electron chi connectivity index (χ4n) is 1.67. The van der Waals surface area contributed by atoms with Crippen LogP contribution in [0.1, 0.15) is 0 Å². The highest BCUT2D eigenvalue weighted by Gasteiger charge is 2.38. The summed E-state index contributed by atoms with van der Waals surface area (Å²) in [6, 6.07) is 9.81. The number of carbonyl (C=O) groups is 1. The molecule has 0 unspecified atom stereocenters. The number of ether oxygens (including phenoxy) is 1. The zero-order valence-electron chi connectivity index (χ0n) is 12.2. The van der Waals surface area contributed by atoms with Crippen LogP contribution in [-0.4, -0.2) is 22.2 Å². The number of hydrogen-bond donors (Lipinski definition) is 2. The molecular weight excluding hydrogens is 472 g/mol. The van der Waals surface area contributed by atoms with Crippen LogP contribution in [0.15, 0.2) is 42.7 Å². The fraction of sp³-hybridized carbons (Fsp3) is 0.0667. The van der Waals surface area contributed by atoms with E-state index in [2.05, 4.69) is 27.6 Å². The van der Waals surface area contributed by atoms with Gasteiger partial charge in [-0.3, -0.25) is 4.98 Å². The first kappa shape index (κ1) is 19.2. The van der Waals surface area contributed by atoms with E-state index in [0.29, 0.717) is 0 Å². The quantitative estimate of drug-likeness (QED) is 0.508. The topological polar surface area (TPSA) is 85.4 Å². The van der Waals surface area contributed by atoms with E-state index in [1.165, 1.54) is 14.9 Å². The van der Waals surface area contributed by atoms with E-state index in [4.69, 9.17) is 20.4 Å². The van der Waals surface area contributed by atoms with Crippen LogP contribution in [0.2, 0.25) is 0 Å². The van der Waals surface area contributed by atoms with Crippen LogP contribution < -0.4 is 10.5 Å². The van der Waals surface area contributed by atoms with E-state index in [1.807, 2.05) is 30.3 Å². The molecule has 0 saturated heterocycles. The second kappa shape index (κ2) is 7.87. The molecule has 5 nitrogen and oxygen atoms in total. The minimum Gasteiger partial charge on any atom is -0.475 e. The molecule has 3 rings (SSSR count). The third-order valence-corrected chi connectivity index (χ3v) is 4.33. The molecule has 0 amide bonds. The van der Waals surface area contributed by atoms with Gasteiger partial charge in [-0.1, -0.05) is 0 Å². The van der Waals surface area contributed by atoms with Gasteiger partial charge in [0.25, 0.3) is 0 Å². The second-order valence-corrected chi connectivity index (χ2v) is 6.92. The molecule has 0 fully saturated rings. The summed E-state index contributed by atoms with van der Waals surface area (Å²) in [7, 11) is 0. The van der Waals surface area contributed by atoms with Gasteiger partial charge < -0.3 is 15.6 Å². The number of hydrogen-bond acceptors (Lipinski definition) is 5. The minimum absolute atomic E-state index is 0.738. The Morgan fingerprint density at radius 1 is 1.24 bits per heavy atom. The van der Waals surface area contributed by atoms with Crippen molar-refractivity contribution in [1.29, 1.82) is 0 Å². The molecule has 3 aromatic rings. The lowest BCUT2D eigenvalue weighted by Crippen LogP contribution is -2.21. The number of alkyl halides is 3. The third-order valence-electron chi connectivity index (χ3n) is 2.71. The third kappa shape index (κ3) is 5.46. The van der Waals surface area contributed by atoms with E-state index in [0.717, 1.165) is 26.6 Å². The number of aromatic nitrogens is 1. The first-order chi connectivity index (χ1) is 11.7. The van der Waals surface area contributed by atoms with Gasteiger partial charge in [0.1, 0.15) is 5.75 Å². The van der Waals surface area contributed by atoms with Gasteiger partial charge in [-0.05, 0) is 52.9 Å². The zero-order chi connectivity index (χ0) is 18.6. The number of nitrogens with two attached hydrogens (primary N) is 1. The Morgan fingerprint density at radius 3 is 2.40 bits per heavy atom. The Bertz CT molecular complexity index is 882. The van der Waals surface area contributed by atoms with E-state index in [-0.39, 0.29) is 0 Å². The van der Waals surface area contributed by atoms with Crippen molar-refractivity contribution in [3.8, 4) is 11.5 Å². The second-order valence-electron chi connectivity index (χ2n) is 4.56. The lowest BCUT2D eigenvalue weighted by atomic mass is 10.3. The monoisotopic (exact) mass is 482 g/mol. The number of nitrogen functional groups attached to an aromatic ring is 1. The Morgan fingerprint density at radius 2 is 1.84 bits per heavy atom. The van der Waals surface area contributed by atoms with Gasteiger partial charge >= 0.3 is 12.1 Å². The summed E-state index contributed by atoms with van der Waals surface area (Å²) in [5, 5.41) is 8.90. The Kier molecular flexibility index (Phi) is 6.06. The summed E-state index contributed by atoms with van der Waals surface area (Å²) in [6.07, 6.45) is -1.57. The maximum absolute atomic E-state index is 10.6. The van der Waals surface area contributed by atoms with Crippen LogP contribution in [0.25, 0.3) is 10.1 Å². The van der Waals surface area contributed by atoms with Crippen molar-refractivity contribution < 1.29 is 27.8 Å². The molecule has 0 aliphatic carbocycles. The number of thiophene rings is 1. The zero-order valence-corrected chi connectivity index (χ0v) is 15.2. The average Bonchev–Trinajstić information content (AvgIpc) is 2.90. The molecule has 0 aliphatic heterocycles. The van der Waals surface area contributed by atoms with Crippen LogP contribution in [0.5, 0.6) is 11.5 Å². The van der Waals surface area contributed by atoms with Gasteiger partial charge in [-0.25, -0.2) is 4.79 Å². The number of fused-ring (bicyclic) bond motifs is 1. The van der Waals surface area contributed by atoms with Gasteiger partial charge in [-0.2, -0.15) is 13.2 Å². The fourth-order valence-corrected chi connectivity index (χ4v) is 2.84. The molecule has 0 aliphatic rings. The van der Waals surface area contributed by atoms with Gasteiger partial charge in [0.15, 0.2) is 5.75 Å². The molecule has 2 aromatic heterocycles. The number of rotatable bonds is 2. The minimum atomic E-state index is -5.08. The lowest BCUT2D eigenvalue weighted by Gasteiger charge is -2.06. The van der Waals surface area contributed by atoms with Gasteiger partial charge in [0, 0.05) is 15.2 Å². The maximum Gasteiger partial charge on any atom is 0.490 e. The summed E-state index contributed by atoms with van der Waals surface area (Å²) in [4.78, 5) is 13.1. The molecule has 3 N–H and O–H groups in total. The average molecular weight is 482 g/mol. The van der Waals surface area contributed by atoms with Gasteiger partial charge in [0.05, 0.1) is 15.9 Å². The number of benzene rings is 1. The summed E-state index contributed by atoms with van der Waals surface area (Å²) in [6.45, 7) is 0. The van der Waals surface area contributed by atoms with Crippen LogP contribution in [0, 0.1) is 3.57 Å². The molecule has 25 heavy (non-hydrogen) atoms. The Labute approximate surface area is 157 Å². The maximum atomic E-state index is 10.6. The molecular formula is C15H10F3IN2O3S. The van der Waals surface area contributed by atoms with E-state index in [9.17, 15) is 13.2 Å². The van der Waals surface area contributed by atoms with Crippen LogP contribution in [-0.2, 0) is 4.79 Å². The number of halogens is 4. The number of pyridine rings is 1. The molecule has 1 aromatic carbocycles.